The highest BCUT2D eigenvalue weighted by Gasteiger charge is 2.11. The van der Waals surface area contributed by atoms with Crippen molar-refractivity contribution in [3.8, 4) is 0 Å². The van der Waals surface area contributed by atoms with E-state index >= 15 is 0 Å². The second-order valence-corrected chi connectivity index (χ2v) is 5.30. The van der Waals surface area contributed by atoms with Crippen LogP contribution in [0, 0.1) is 6.92 Å². The number of aromatic carboxylic acids is 1. The first-order valence-corrected chi connectivity index (χ1v) is 6.57. The summed E-state index contributed by atoms with van der Waals surface area (Å²) in [6.45, 7) is 1.97. The third kappa shape index (κ3) is 3.45. The Labute approximate surface area is 123 Å². The van der Waals surface area contributed by atoms with Crippen molar-refractivity contribution in [2.24, 2.45) is 0 Å². The summed E-state index contributed by atoms with van der Waals surface area (Å²) in [5, 5.41) is 12.1. The summed E-state index contributed by atoms with van der Waals surface area (Å²) in [6.07, 6.45) is 0. The van der Waals surface area contributed by atoms with Crippen LogP contribution in [0.1, 0.15) is 16.1 Å². The van der Waals surface area contributed by atoms with E-state index in [0.717, 1.165) is 15.7 Å². The van der Waals surface area contributed by atoms with Crippen molar-refractivity contribution in [3.63, 3.8) is 0 Å². The van der Waals surface area contributed by atoms with E-state index in [2.05, 4.69) is 26.2 Å². The Kier molecular flexibility index (Phi) is 4.07. The van der Waals surface area contributed by atoms with Gasteiger partial charge in [0.25, 0.3) is 0 Å². The molecule has 0 radical (unpaired) electrons. The summed E-state index contributed by atoms with van der Waals surface area (Å²) in [4.78, 5) is 14.9. The lowest BCUT2D eigenvalue weighted by Gasteiger charge is -2.08. The number of carboxylic acids is 1. The number of hydrogen-bond donors (Lipinski definition) is 2. The number of benzene rings is 1. The van der Waals surface area contributed by atoms with Crippen molar-refractivity contribution in [3.05, 3.63) is 51.1 Å². The first-order chi connectivity index (χ1) is 8.95. The summed E-state index contributed by atoms with van der Waals surface area (Å²) in [5.41, 5.74) is 1.72. The number of aromatic nitrogens is 1. The van der Waals surface area contributed by atoms with Crippen LogP contribution in [0.2, 0.25) is 5.02 Å². The minimum absolute atomic E-state index is 0.114. The quantitative estimate of drug-likeness (QED) is 0.876. The largest absolute Gasteiger partial charge is 0.476 e. The van der Waals surface area contributed by atoms with Crippen LogP contribution in [-0.4, -0.2) is 16.1 Å². The maximum absolute atomic E-state index is 11.0. The Morgan fingerprint density at radius 3 is 2.74 bits per heavy atom. The molecule has 19 heavy (non-hydrogen) atoms. The number of anilines is 2. The van der Waals surface area contributed by atoms with Gasteiger partial charge in [0.15, 0.2) is 5.69 Å². The molecule has 0 saturated heterocycles. The molecule has 0 bridgehead atoms. The zero-order valence-electron chi connectivity index (χ0n) is 9.95. The molecule has 6 heteroatoms. The first kappa shape index (κ1) is 13.8. The lowest BCUT2D eigenvalue weighted by Crippen LogP contribution is -2.04. The van der Waals surface area contributed by atoms with Gasteiger partial charge in [0.1, 0.15) is 5.82 Å². The molecule has 2 N–H and O–H groups in total. The van der Waals surface area contributed by atoms with E-state index in [1.54, 1.807) is 6.07 Å². The number of rotatable bonds is 3. The van der Waals surface area contributed by atoms with Crippen LogP contribution in [0.15, 0.2) is 34.8 Å². The van der Waals surface area contributed by atoms with Gasteiger partial charge in [0.2, 0.25) is 0 Å². The second kappa shape index (κ2) is 5.59. The maximum Gasteiger partial charge on any atom is 0.356 e. The SMILES string of the molecule is Cc1cc(Br)cc(Nc2ccc(Cl)c(C(=O)O)n2)c1. The monoisotopic (exact) mass is 340 g/mol. The van der Waals surface area contributed by atoms with Crippen molar-refractivity contribution >= 4 is 45.0 Å². The fourth-order valence-corrected chi connectivity index (χ4v) is 2.41. The van der Waals surface area contributed by atoms with Crippen molar-refractivity contribution in [2.45, 2.75) is 6.92 Å². The Hall–Kier alpha value is -1.59. The molecule has 4 nitrogen and oxygen atoms in total. The van der Waals surface area contributed by atoms with Gasteiger partial charge < -0.3 is 10.4 Å². The van der Waals surface area contributed by atoms with Gasteiger partial charge in [0.05, 0.1) is 5.02 Å². The molecule has 0 fully saturated rings. The molecule has 0 saturated carbocycles. The zero-order chi connectivity index (χ0) is 14.0. The highest BCUT2D eigenvalue weighted by molar-refractivity contribution is 9.10. The number of halogens is 2. The minimum Gasteiger partial charge on any atom is -0.476 e. The lowest BCUT2D eigenvalue weighted by molar-refractivity contribution is 0.0691. The molecule has 0 unspecified atom stereocenters. The average molecular weight is 342 g/mol. The molecule has 0 aliphatic rings. The molecular formula is C13H10BrClN2O2. The standard InChI is InChI=1S/C13H10BrClN2O2/c1-7-4-8(14)6-9(5-7)16-11-3-2-10(15)12(17-11)13(18)19/h2-6H,1H3,(H,16,17)(H,18,19). The van der Waals surface area contributed by atoms with Gasteiger partial charge in [-0.25, -0.2) is 9.78 Å². The average Bonchev–Trinajstić information content (AvgIpc) is 2.30. The normalized spacial score (nSPS) is 10.3. The number of aryl methyl sites for hydroxylation is 1. The van der Waals surface area contributed by atoms with Gasteiger partial charge in [-0.3, -0.25) is 0 Å². The topological polar surface area (TPSA) is 62.2 Å². The summed E-state index contributed by atoms with van der Waals surface area (Å²) in [5.74, 6) is -0.724. The van der Waals surface area contributed by atoms with Crippen LogP contribution in [0.3, 0.4) is 0 Å². The van der Waals surface area contributed by atoms with Gasteiger partial charge in [-0.15, -0.1) is 0 Å². The third-order valence-electron chi connectivity index (χ3n) is 2.36. The van der Waals surface area contributed by atoms with E-state index in [1.165, 1.54) is 6.07 Å². The van der Waals surface area contributed by atoms with E-state index in [-0.39, 0.29) is 10.7 Å². The summed E-state index contributed by atoms with van der Waals surface area (Å²) >= 11 is 9.17. The third-order valence-corrected chi connectivity index (χ3v) is 3.13. The number of hydrogen-bond acceptors (Lipinski definition) is 3. The molecule has 98 valence electrons. The van der Waals surface area contributed by atoms with Gasteiger partial charge in [-0.1, -0.05) is 27.5 Å². The zero-order valence-corrected chi connectivity index (χ0v) is 12.3. The van der Waals surface area contributed by atoms with E-state index < -0.39 is 5.97 Å². The second-order valence-electron chi connectivity index (χ2n) is 3.97. The van der Waals surface area contributed by atoms with E-state index in [4.69, 9.17) is 16.7 Å². The van der Waals surface area contributed by atoms with E-state index in [1.807, 2.05) is 25.1 Å². The molecule has 2 aromatic rings. The van der Waals surface area contributed by atoms with Gasteiger partial charge in [0, 0.05) is 10.2 Å². The molecule has 1 aromatic heterocycles. The number of carbonyl (C=O) groups is 1. The molecule has 1 heterocycles. The van der Waals surface area contributed by atoms with Gasteiger partial charge in [-0.05, 0) is 42.8 Å². The van der Waals surface area contributed by atoms with Crippen LogP contribution in [-0.2, 0) is 0 Å². The molecule has 0 spiro atoms. The smallest absolute Gasteiger partial charge is 0.356 e. The Balaban J connectivity index is 2.33. The molecular weight excluding hydrogens is 332 g/mol. The molecule has 1 aromatic carbocycles. The molecule has 0 aliphatic carbocycles. The van der Waals surface area contributed by atoms with Crippen LogP contribution >= 0.6 is 27.5 Å². The highest BCUT2D eigenvalue weighted by Crippen LogP contribution is 2.23. The van der Waals surface area contributed by atoms with Crippen molar-refractivity contribution < 1.29 is 9.90 Å². The fourth-order valence-electron chi connectivity index (χ4n) is 1.62. The van der Waals surface area contributed by atoms with E-state index in [0.29, 0.717) is 5.82 Å². The predicted molar refractivity (Wildman–Crippen MR) is 78.4 cm³/mol. The fraction of sp³-hybridized carbons (Fsp3) is 0.0769. The summed E-state index contributed by atoms with van der Waals surface area (Å²) in [7, 11) is 0. The van der Waals surface area contributed by atoms with Crippen LogP contribution < -0.4 is 5.32 Å². The molecule has 0 amide bonds. The van der Waals surface area contributed by atoms with Crippen LogP contribution in [0.4, 0.5) is 11.5 Å². The predicted octanol–water partition coefficient (Wildman–Crippen LogP) is 4.25. The number of carboxylic acid groups (broad SMARTS) is 1. The van der Waals surface area contributed by atoms with Crippen molar-refractivity contribution in [1.29, 1.82) is 0 Å². The Bertz CT molecular complexity index is 626. The van der Waals surface area contributed by atoms with Crippen LogP contribution in [0.5, 0.6) is 0 Å². The van der Waals surface area contributed by atoms with Crippen molar-refractivity contribution in [1.82, 2.24) is 4.98 Å². The number of nitrogens with one attached hydrogen (secondary N) is 1. The van der Waals surface area contributed by atoms with Gasteiger partial charge in [-0.2, -0.15) is 0 Å². The molecule has 2 rings (SSSR count). The summed E-state index contributed by atoms with van der Waals surface area (Å²) < 4.78 is 0.933. The summed E-state index contributed by atoms with van der Waals surface area (Å²) in [6, 6.07) is 8.92. The Morgan fingerprint density at radius 1 is 1.37 bits per heavy atom. The number of pyridine rings is 1. The Morgan fingerprint density at radius 2 is 2.11 bits per heavy atom. The van der Waals surface area contributed by atoms with E-state index in [9.17, 15) is 4.79 Å². The maximum atomic E-state index is 11.0. The number of nitrogens with zero attached hydrogens (tertiary/aromatic N) is 1. The first-order valence-electron chi connectivity index (χ1n) is 5.40. The minimum atomic E-state index is -1.15. The lowest BCUT2D eigenvalue weighted by atomic mass is 10.2. The van der Waals surface area contributed by atoms with Crippen molar-refractivity contribution in [2.75, 3.05) is 5.32 Å². The highest BCUT2D eigenvalue weighted by atomic mass is 79.9. The molecule has 0 atom stereocenters. The van der Waals surface area contributed by atoms with Gasteiger partial charge >= 0.3 is 5.97 Å². The van der Waals surface area contributed by atoms with Crippen LogP contribution in [0.25, 0.3) is 0 Å². The molecule has 0 aliphatic heterocycles.